The summed E-state index contributed by atoms with van der Waals surface area (Å²) in [5.41, 5.74) is 2.43. The van der Waals surface area contributed by atoms with Crippen LogP contribution < -0.4 is 19.8 Å². The zero-order chi connectivity index (χ0) is 29.0. The minimum Gasteiger partial charge on any atom is -0.493 e. The molecule has 0 spiro atoms. The first kappa shape index (κ1) is 33.3. The van der Waals surface area contributed by atoms with E-state index in [2.05, 4.69) is 52.8 Å². The Kier molecular flexibility index (Phi) is 16.6. The van der Waals surface area contributed by atoms with Crippen molar-refractivity contribution in [2.45, 2.75) is 112 Å². The summed E-state index contributed by atoms with van der Waals surface area (Å²) in [7, 11) is 0. The SMILES string of the molecule is CC/C=C/CCOc1c(OC/C=C(\C)CCC=C(C)C)c(=O)oc2cc(OCCCCCCCCCC)ccc12. The van der Waals surface area contributed by atoms with Gasteiger partial charge in [-0.05, 0) is 71.1 Å². The van der Waals surface area contributed by atoms with Gasteiger partial charge in [0.05, 0.1) is 18.6 Å². The van der Waals surface area contributed by atoms with Crippen LogP contribution in [-0.2, 0) is 0 Å². The second-order valence-corrected chi connectivity index (χ2v) is 10.7. The van der Waals surface area contributed by atoms with Crippen LogP contribution in [0.1, 0.15) is 112 Å². The molecule has 0 saturated heterocycles. The maximum Gasteiger partial charge on any atom is 0.383 e. The van der Waals surface area contributed by atoms with Gasteiger partial charge in [-0.1, -0.05) is 88.2 Å². The zero-order valence-corrected chi connectivity index (χ0v) is 25.7. The summed E-state index contributed by atoms with van der Waals surface area (Å²) in [6, 6.07) is 5.59. The average Bonchev–Trinajstić information content (AvgIpc) is 2.92. The summed E-state index contributed by atoms with van der Waals surface area (Å²) in [6.45, 7) is 12.0. The molecule has 0 radical (unpaired) electrons. The molecule has 40 heavy (non-hydrogen) atoms. The largest absolute Gasteiger partial charge is 0.493 e. The van der Waals surface area contributed by atoms with Crippen molar-refractivity contribution in [3.63, 3.8) is 0 Å². The molecule has 0 aliphatic rings. The van der Waals surface area contributed by atoms with E-state index in [0.29, 0.717) is 35.7 Å². The predicted octanol–water partition coefficient (Wildman–Crippen LogP) is 10.1. The van der Waals surface area contributed by atoms with Crippen LogP contribution in [0.3, 0.4) is 0 Å². The maximum absolute atomic E-state index is 13.0. The molecule has 0 saturated carbocycles. The Morgan fingerprint density at radius 1 is 0.800 bits per heavy atom. The minimum atomic E-state index is -0.539. The summed E-state index contributed by atoms with van der Waals surface area (Å²) < 4.78 is 23.7. The van der Waals surface area contributed by atoms with Gasteiger partial charge in [0.2, 0.25) is 5.75 Å². The van der Waals surface area contributed by atoms with E-state index in [0.717, 1.165) is 32.1 Å². The van der Waals surface area contributed by atoms with E-state index < -0.39 is 5.63 Å². The molecule has 0 aliphatic heterocycles. The molecule has 0 atom stereocenters. The molecular weight excluding hydrogens is 500 g/mol. The van der Waals surface area contributed by atoms with E-state index in [1.54, 1.807) is 6.07 Å². The van der Waals surface area contributed by atoms with Crippen LogP contribution in [-0.4, -0.2) is 19.8 Å². The molecule has 1 heterocycles. The highest BCUT2D eigenvalue weighted by molar-refractivity contribution is 5.86. The highest BCUT2D eigenvalue weighted by Gasteiger charge is 2.18. The number of fused-ring (bicyclic) bond motifs is 1. The fraction of sp³-hybridized carbons (Fsp3) is 0.571. The Hall–Kier alpha value is -2.95. The van der Waals surface area contributed by atoms with Gasteiger partial charge in [-0.15, -0.1) is 0 Å². The van der Waals surface area contributed by atoms with E-state index in [1.807, 2.05) is 18.2 Å². The molecule has 1 aromatic carbocycles. The van der Waals surface area contributed by atoms with Crippen molar-refractivity contribution < 1.29 is 18.6 Å². The minimum absolute atomic E-state index is 0.118. The fourth-order valence-electron chi connectivity index (χ4n) is 4.39. The van der Waals surface area contributed by atoms with Crippen molar-refractivity contribution in [1.82, 2.24) is 0 Å². The molecule has 0 N–H and O–H groups in total. The smallest absolute Gasteiger partial charge is 0.383 e. The summed E-state index contributed by atoms with van der Waals surface area (Å²) in [6.07, 6.45) is 22.1. The van der Waals surface area contributed by atoms with Crippen molar-refractivity contribution in [2.75, 3.05) is 19.8 Å². The third-order valence-corrected chi connectivity index (χ3v) is 6.74. The standard InChI is InChI=1S/C35H52O5/c1-6-8-10-12-13-14-15-17-24-37-30-21-22-31-32(27-30)40-35(36)34(33(31)38-25-16-11-9-7-2)39-26-23-29(5)20-18-19-28(3)4/h9,11,19,21-23,27H,6-8,10,12-18,20,24-26H2,1-5H3/b11-9+,29-23+. The van der Waals surface area contributed by atoms with Gasteiger partial charge in [0.15, 0.2) is 5.75 Å². The van der Waals surface area contributed by atoms with Gasteiger partial charge in [0.25, 0.3) is 0 Å². The first-order chi connectivity index (χ1) is 19.5. The predicted molar refractivity (Wildman–Crippen MR) is 168 cm³/mol. The van der Waals surface area contributed by atoms with Gasteiger partial charge < -0.3 is 18.6 Å². The van der Waals surface area contributed by atoms with Gasteiger partial charge in [-0.25, -0.2) is 4.79 Å². The van der Waals surface area contributed by atoms with Crippen molar-refractivity contribution >= 4 is 11.0 Å². The molecule has 0 aliphatic carbocycles. The van der Waals surface area contributed by atoms with E-state index in [9.17, 15) is 4.79 Å². The number of rotatable bonds is 21. The van der Waals surface area contributed by atoms with Crippen molar-refractivity contribution in [2.24, 2.45) is 0 Å². The van der Waals surface area contributed by atoms with Gasteiger partial charge in [-0.3, -0.25) is 0 Å². The third kappa shape index (κ3) is 12.9. The lowest BCUT2D eigenvalue weighted by molar-refractivity contribution is 0.279. The van der Waals surface area contributed by atoms with E-state index in [-0.39, 0.29) is 12.4 Å². The van der Waals surface area contributed by atoms with Crippen LogP contribution in [0.2, 0.25) is 0 Å². The number of ether oxygens (including phenoxy) is 3. The molecule has 0 bridgehead atoms. The normalized spacial score (nSPS) is 11.8. The fourth-order valence-corrected chi connectivity index (χ4v) is 4.39. The number of hydrogen-bond donors (Lipinski definition) is 0. The van der Waals surface area contributed by atoms with Gasteiger partial charge in [-0.2, -0.15) is 0 Å². The van der Waals surface area contributed by atoms with Crippen molar-refractivity contribution in [3.8, 4) is 17.2 Å². The molecular formula is C35H52O5. The number of allylic oxidation sites excluding steroid dienone is 4. The molecule has 0 amide bonds. The monoisotopic (exact) mass is 552 g/mol. The van der Waals surface area contributed by atoms with Crippen LogP contribution in [0.5, 0.6) is 17.2 Å². The molecule has 0 unspecified atom stereocenters. The van der Waals surface area contributed by atoms with Crippen molar-refractivity contribution in [3.05, 3.63) is 64.1 Å². The van der Waals surface area contributed by atoms with E-state index >= 15 is 0 Å². The lowest BCUT2D eigenvalue weighted by Gasteiger charge is -2.14. The van der Waals surface area contributed by atoms with E-state index in [4.69, 9.17) is 18.6 Å². The lowest BCUT2D eigenvalue weighted by atomic mass is 10.1. The maximum atomic E-state index is 13.0. The zero-order valence-electron chi connectivity index (χ0n) is 25.7. The third-order valence-electron chi connectivity index (χ3n) is 6.74. The molecule has 2 aromatic rings. The van der Waals surface area contributed by atoms with Crippen LogP contribution in [0.25, 0.3) is 11.0 Å². The second kappa shape index (κ2) is 20.0. The van der Waals surface area contributed by atoms with Crippen LogP contribution in [0, 0.1) is 0 Å². The molecule has 1 aromatic heterocycles. The number of unbranched alkanes of at least 4 members (excludes halogenated alkanes) is 7. The molecule has 222 valence electrons. The van der Waals surface area contributed by atoms with Gasteiger partial charge in [0, 0.05) is 6.07 Å². The first-order valence-electron chi connectivity index (χ1n) is 15.4. The van der Waals surface area contributed by atoms with Crippen molar-refractivity contribution in [1.29, 1.82) is 0 Å². The highest BCUT2D eigenvalue weighted by Crippen LogP contribution is 2.35. The molecule has 2 rings (SSSR count). The summed E-state index contributed by atoms with van der Waals surface area (Å²) in [5.74, 6) is 1.24. The Morgan fingerprint density at radius 2 is 1.55 bits per heavy atom. The Labute approximate surface area is 242 Å². The van der Waals surface area contributed by atoms with E-state index in [1.165, 1.54) is 56.1 Å². The molecule has 0 fully saturated rings. The lowest BCUT2D eigenvalue weighted by Crippen LogP contribution is -2.11. The topological polar surface area (TPSA) is 57.9 Å². The molecule has 5 nitrogen and oxygen atoms in total. The van der Waals surface area contributed by atoms with Crippen LogP contribution >= 0.6 is 0 Å². The Balaban J connectivity index is 2.08. The highest BCUT2D eigenvalue weighted by atomic mass is 16.5. The Bertz CT molecular complexity index is 1130. The quantitative estimate of drug-likeness (QED) is 0.0876. The second-order valence-electron chi connectivity index (χ2n) is 10.7. The average molecular weight is 553 g/mol. The van der Waals surface area contributed by atoms with Crippen LogP contribution in [0.15, 0.2) is 62.9 Å². The number of benzene rings is 1. The molecule has 5 heteroatoms. The summed E-state index contributed by atoms with van der Waals surface area (Å²) in [5, 5.41) is 0.706. The summed E-state index contributed by atoms with van der Waals surface area (Å²) >= 11 is 0. The first-order valence-corrected chi connectivity index (χ1v) is 15.4. The van der Waals surface area contributed by atoms with Gasteiger partial charge >= 0.3 is 5.63 Å². The van der Waals surface area contributed by atoms with Gasteiger partial charge in [0.1, 0.15) is 17.9 Å². The van der Waals surface area contributed by atoms with Crippen LogP contribution in [0.4, 0.5) is 0 Å². The summed E-state index contributed by atoms with van der Waals surface area (Å²) in [4.78, 5) is 13.0. The Morgan fingerprint density at radius 3 is 2.27 bits per heavy atom. The number of hydrogen-bond acceptors (Lipinski definition) is 5.